The van der Waals surface area contributed by atoms with Gasteiger partial charge in [0.2, 0.25) is 0 Å². The van der Waals surface area contributed by atoms with E-state index in [-0.39, 0.29) is 4.71 Å². The van der Waals surface area contributed by atoms with E-state index >= 15 is 0 Å². The van der Waals surface area contributed by atoms with Gasteiger partial charge in [-0.2, -0.15) is 0 Å². The molecule has 1 fully saturated rings. The van der Waals surface area contributed by atoms with Gasteiger partial charge in [0.15, 0.2) is 0 Å². The molecule has 0 spiro atoms. The van der Waals surface area contributed by atoms with Crippen LogP contribution >= 0.6 is 23.4 Å². The van der Waals surface area contributed by atoms with Crippen molar-refractivity contribution in [2.75, 3.05) is 25.4 Å². The van der Waals surface area contributed by atoms with E-state index in [1.54, 1.807) is 11.8 Å². The zero-order valence-corrected chi connectivity index (χ0v) is 7.20. The van der Waals surface area contributed by atoms with E-state index in [9.17, 15) is 4.79 Å². The second-order valence-corrected chi connectivity index (χ2v) is 4.30. The molecule has 0 amide bonds. The van der Waals surface area contributed by atoms with Gasteiger partial charge >= 0.3 is 0 Å². The van der Waals surface area contributed by atoms with Gasteiger partial charge in [-0.05, 0) is 0 Å². The molecule has 0 N–H and O–H groups in total. The van der Waals surface area contributed by atoms with Crippen LogP contribution in [0.1, 0.15) is 0 Å². The smallest absolute Gasteiger partial charge is 0.133 e. The van der Waals surface area contributed by atoms with Crippen molar-refractivity contribution in [3.63, 3.8) is 0 Å². The highest BCUT2D eigenvalue weighted by Gasteiger charge is 2.16. The molecule has 0 aliphatic carbocycles. The summed E-state index contributed by atoms with van der Waals surface area (Å²) in [6, 6.07) is 0. The lowest BCUT2D eigenvalue weighted by molar-refractivity contribution is -0.108. The van der Waals surface area contributed by atoms with E-state index in [1.807, 2.05) is 0 Å². The molecule has 58 valence electrons. The highest BCUT2D eigenvalue weighted by Crippen LogP contribution is 2.20. The van der Waals surface area contributed by atoms with Crippen molar-refractivity contribution in [1.82, 2.24) is 4.90 Å². The van der Waals surface area contributed by atoms with Gasteiger partial charge in [0.05, 0.1) is 11.3 Å². The molecule has 1 saturated heterocycles. The highest BCUT2D eigenvalue weighted by atomic mass is 35.5. The number of alkyl halides is 1. The summed E-state index contributed by atoms with van der Waals surface area (Å²) in [5, 5.41) is 0. The lowest BCUT2D eigenvalue weighted by Gasteiger charge is -2.27. The number of thioether (sulfide) groups is 1. The monoisotopic (exact) mass is 179 g/mol. The molecule has 0 bridgehead atoms. The van der Waals surface area contributed by atoms with Crippen molar-refractivity contribution in [2.24, 2.45) is 0 Å². The average Bonchev–Trinajstić information content (AvgIpc) is 1.88. The van der Waals surface area contributed by atoms with Crippen molar-refractivity contribution in [3.05, 3.63) is 0 Å². The number of halogens is 1. The van der Waals surface area contributed by atoms with Gasteiger partial charge in [-0.1, -0.05) is 0 Å². The van der Waals surface area contributed by atoms with E-state index in [1.165, 1.54) is 0 Å². The first-order chi connectivity index (χ1) is 4.83. The first-order valence-corrected chi connectivity index (χ1v) is 4.73. The third-order valence-electron chi connectivity index (χ3n) is 1.44. The Morgan fingerprint density at radius 2 is 2.60 bits per heavy atom. The van der Waals surface area contributed by atoms with Crippen molar-refractivity contribution >= 4 is 29.6 Å². The molecule has 0 aromatic rings. The molecule has 1 aliphatic heterocycles. The number of nitrogens with zero attached hydrogens (tertiary/aromatic N) is 1. The minimum Gasteiger partial charge on any atom is -0.302 e. The molecule has 1 atom stereocenters. The predicted molar refractivity (Wildman–Crippen MR) is 44.6 cm³/mol. The lowest BCUT2D eigenvalue weighted by Crippen LogP contribution is -2.36. The Hall–Kier alpha value is 0.270. The second-order valence-electron chi connectivity index (χ2n) is 2.21. The molecular formula is C6H10ClNOS. The fraction of sp³-hybridized carbons (Fsp3) is 0.833. The van der Waals surface area contributed by atoms with Gasteiger partial charge in [-0.15, -0.1) is 23.4 Å². The molecule has 1 unspecified atom stereocenters. The van der Waals surface area contributed by atoms with Crippen molar-refractivity contribution in [2.45, 2.75) is 4.71 Å². The first-order valence-electron chi connectivity index (χ1n) is 3.24. The van der Waals surface area contributed by atoms with Crippen LogP contribution < -0.4 is 0 Å². The van der Waals surface area contributed by atoms with Crippen molar-refractivity contribution < 1.29 is 4.79 Å². The third-order valence-corrected chi connectivity index (χ3v) is 2.89. The quantitative estimate of drug-likeness (QED) is 0.462. The molecule has 0 aromatic heterocycles. The zero-order valence-electron chi connectivity index (χ0n) is 5.62. The van der Waals surface area contributed by atoms with Crippen LogP contribution in [0, 0.1) is 0 Å². The molecule has 1 aliphatic rings. The van der Waals surface area contributed by atoms with E-state index < -0.39 is 0 Å². The Morgan fingerprint density at radius 1 is 1.80 bits per heavy atom. The second kappa shape index (κ2) is 4.21. The normalized spacial score (nSPS) is 28.3. The molecule has 1 heterocycles. The van der Waals surface area contributed by atoms with E-state index in [0.29, 0.717) is 6.54 Å². The van der Waals surface area contributed by atoms with Crippen molar-refractivity contribution in [1.29, 1.82) is 0 Å². The van der Waals surface area contributed by atoms with E-state index in [0.717, 1.165) is 25.1 Å². The Balaban J connectivity index is 2.24. The lowest BCUT2D eigenvalue weighted by atomic mass is 10.5. The summed E-state index contributed by atoms with van der Waals surface area (Å²) in [6.07, 6.45) is 0.930. The van der Waals surface area contributed by atoms with Crippen LogP contribution in [-0.2, 0) is 4.79 Å². The van der Waals surface area contributed by atoms with E-state index in [2.05, 4.69) is 4.90 Å². The van der Waals surface area contributed by atoms with Gasteiger partial charge in [0.25, 0.3) is 0 Å². The van der Waals surface area contributed by atoms with Crippen molar-refractivity contribution in [3.8, 4) is 0 Å². The third kappa shape index (κ3) is 2.48. The molecule has 1 rings (SSSR count). The van der Waals surface area contributed by atoms with Gasteiger partial charge in [0, 0.05) is 18.8 Å². The molecule has 10 heavy (non-hydrogen) atoms. The minimum atomic E-state index is 0.175. The summed E-state index contributed by atoms with van der Waals surface area (Å²) < 4.78 is 0.175. The standard InChI is InChI=1S/C6H10ClNOS/c7-6-5-8(1-3-9)2-4-10-6/h3,6H,1-2,4-5H2. The van der Waals surface area contributed by atoms with Crippen LogP contribution in [0.15, 0.2) is 0 Å². The molecule has 2 nitrogen and oxygen atoms in total. The largest absolute Gasteiger partial charge is 0.302 e. The van der Waals surface area contributed by atoms with Crippen LogP contribution in [0.5, 0.6) is 0 Å². The Kier molecular flexibility index (Phi) is 3.52. The summed E-state index contributed by atoms with van der Waals surface area (Å²) in [5.41, 5.74) is 0. The van der Waals surface area contributed by atoms with Crippen LogP contribution in [0.4, 0.5) is 0 Å². The Morgan fingerprint density at radius 3 is 3.20 bits per heavy atom. The van der Waals surface area contributed by atoms with Gasteiger partial charge < -0.3 is 4.79 Å². The SMILES string of the molecule is O=CCN1CCSC(Cl)C1. The number of rotatable bonds is 2. The molecule has 4 heteroatoms. The molecule has 0 aromatic carbocycles. The van der Waals surface area contributed by atoms with Crippen LogP contribution in [0.3, 0.4) is 0 Å². The van der Waals surface area contributed by atoms with Gasteiger partial charge in [0.1, 0.15) is 6.29 Å². The fourth-order valence-electron chi connectivity index (χ4n) is 0.928. The van der Waals surface area contributed by atoms with E-state index in [4.69, 9.17) is 11.6 Å². The fourth-order valence-corrected chi connectivity index (χ4v) is 2.33. The topological polar surface area (TPSA) is 20.3 Å². The molecule has 0 radical (unpaired) electrons. The predicted octanol–water partition coefficient (Wildman–Crippen LogP) is 0.799. The average molecular weight is 180 g/mol. The minimum absolute atomic E-state index is 0.175. The Bertz CT molecular complexity index is 122. The number of carbonyl (C=O) groups is 1. The van der Waals surface area contributed by atoms with Crippen LogP contribution in [0.2, 0.25) is 0 Å². The first kappa shape index (κ1) is 8.37. The van der Waals surface area contributed by atoms with Crippen LogP contribution in [0.25, 0.3) is 0 Å². The Labute approximate surface area is 69.9 Å². The summed E-state index contributed by atoms with van der Waals surface area (Å²) in [4.78, 5) is 12.2. The summed E-state index contributed by atoms with van der Waals surface area (Å²) in [5.74, 6) is 1.04. The van der Waals surface area contributed by atoms with Gasteiger partial charge in [-0.3, -0.25) is 4.90 Å². The molecular weight excluding hydrogens is 170 g/mol. The number of carbonyl (C=O) groups excluding carboxylic acids is 1. The molecule has 0 saturated carbocycles. The summed E-state index contributed by atoms with van der Waals surface area (Å²) >= 11 is 7.61. The van der Waals surface area contributed by atoms with Gasteiger partial charge in [-0.25, -0.2) is 0 Å². The number of aldehydes is 1. The summed E-state index contributed by atoms with van der Waals surface area (Å²) in [6.45, 7) is 2.36. The van der Waals surface area contributed by atoms with Crippen LogP contribution in [-0.4, -0.2) is 41.3 Å². The zero-order chi connectivity index (χ0) is 7.40. The maximum Gasteiger partial charge on any atom is 0.133 e. The maximum atomic E-state index is 10.1. The number of hydrogen-bond acceptors (Lipinski definition) is 3. The number of hydrogen-bond donors (Lipinski definition) is 0. The maximum absolute atomic E-state index is 10.1. The summed E-state index contributed by atoms with van der Waals surface area (Å²) in [7, 11) is 0. The highest BCUT2D eigenvalue weighted by molar-refractivity contribution is 8.01.